The van der Waals surface area contributed by atoms with Crippen LogP contribution in [0.5, 0.6) is 0 Å². The molecule has 2 atom stereocenters. The van der Waals surface area contributed by atoms with E-state index < -0.39 is 0 Å². The Kier molecular flexibility index (Phi) is 3.29. The van der Waals surface area contributed by atoms with Gasteiger partial charge in [0.1, 0.15) is 6.61 Å². The van der Waals surface area contributed by atoms with E-state index in [1.54, 1.807) is 6.08 Å². The highest BCUT2D eigenvalue weighted by molar-refractivity contribution is 5.72. The van der Waals surface area contributed by atoms with Crippen LogP contribution in [0.1, 0.15) is 19.3 Å². The van der Waals surface area contributed by atoms with Gasteiger partial charge in [0, 0.05) is 0 Å². The second-order valence-corrected chi connectivity index (χ2v) is 3.08. The van der Waals surface area contributed by atoms with Crippen molar-refractivity contribution in [3.05, 3.63) is 12.7 Å². The maximum absolute atomic E-state index is 11.2. The molecule has 12 heavy (non-hydrogen) atoms. The van der Waals surface area contributed by atoms with Crippen LogP contribution >= 0.6 is 0 Å². The highest BCUT2D eigenvalue weighted by atomic mass is 16.5. The summed E-state index contributed by atoms with van der Waals surface area (Å²) >= 11 is 0. The van der Waals surface area contributed by atoms with Crippen molar-refractivity contribution in [2.45, 2.75) is 25.4 Å². The Morgan fingerprint density at radius 1 is 1.67 bits per heavy atom. The highest BCUT2D eigenvalue weighted by Gasteiger charge is 2.29. The molecule has 0 saturated heterocycles. The average molecular weight is 170 g/mol. The van der Waals surface area contributed by atoms with Gasteiger partial charge in [0.25, 0.3) is 0 Å². The zero-order valence-corrected chi connectivity index (χ0v) is 7.03. The molecule has 3 nitrogen and oxygen atoms in total. The SMILES string of the molecule is C=CCOC(=O)[C@H]1CC[C@H](O)C1. The lowest BCUT2D eigenvalue weighted by Crippen LogP contribution is -2.15. The summed E-state index contributed by atoms with van der Waals surface area (Å²) in [6.07, 6.45) is 3.25. The molecule has 0 aromatic carbocycles. The lowest BCUT2D eigenvalue weighted by molar-refractivity contribution is -0.147. The third-order valence-electron chi connectivity index (χ3n) is 2.08. The fourth-order valence-electron chi connectivity index (χ4n) is 1.43. The van der Waals surface area contributed by atoms with E-state index in [4.69, 9.17) is 9.84 Å². The van der Waals surface area contributed by atoms with E-state index in [2.05, 4.69) is 6.58 Å². The Labute approximate surface area is 72.0 Å². The van der Waals surface area contributed by atoms with E-state index in [1.165, 1.54) is 0 Å². The van der Waals surface area contributed by atoms with Crippen LogP contribution in [0.15, 0.2) is 12.7 Å². The lowest BCUT2D eigenvalue weighted by Gasteiger charge is -2.07. The van der Waals surface area contributed by atoms with Crippen molar-refractivity contribution < 1.29 is 14.6 Å². The number of rotatable bonds is 3. The summed E-state index contributed by atoms with van der Waals surface area (Å²) in [7, 11) is 0. The number of ether oxygens (including phenoxy) is 1. The lowest BCUT2D eigenvalue weighted by atomic mass is 10.1. The minimum Gasteiger partial charge on any atom is -0.461 e. The molecule has 0 heterocycles. The van der Waals surface area contributed by atoms with E-state index in [1.807, 2.05) is 0 Å². The molecule has 1 aliphatic rings. The molecule has 1 aliphatic carbocycles. The van der Waals surface area contributed by atoms with Gasteiger partial charge in [0.2, 0.25) is 0 Å². The van der Waals surface area contributed by atoms with Crippen molar-refractivity contribution >= 4 is 5.97 Å². The number of hydrogen-bond acceptors (Lipinski definition) is 3. The summed E-state index contributed by atoms with van der Waals surface area (Å²) in [5.41, 5.74) is 0. The van der Waals surface area contributed by atoms with Gasteiger partial charge in [-0.15, -0.1) is 0 Å². The summed E-state index contributed by atoms with van der Waals surface area (Å²) in [6.45, 7) is 3.72. The van der Waals surface area contributed by atoms with E-state index >= 15 is 0 Å². The fraction of sp³-hybridized carbons (Fsp3) is 0.667. The Bertz CT molecular complexity index is 177. The molecule has 0 amide bonds. The standard InChI is InChI=1S/C9H14O3/c1-2-5-12-9(11)7-3-4-8(10)6-7/h2,7-8,10H,1,3-6H2/t7-,8-/m0/s1. The molecular formula is C9H14O3. The topological polar surface area (TPSA) is 46.5 Å². The van der Waals surface area contributed by atoms with Gasteiger partial charge in [-0.25, -0.2) is 0 Å². The molecule has 0 spiro atoms. The maximum atomic E-state index is 11.2. The highest BCUT2D eigenvalue weighted by Crippen LogP contribution is 2.26. The van der Waals surface area contributed by atoms with Gasteiger partial charge < -0.3 is 9.84 Å². The maximum Gasteiger partial charge on any atom is 0.309 e. The molecule has 1 saturated carbocycles. The van der Waals surface area contributed by atoms with E-state index in [0.29, 0.717) is 12.8 Å². The smallest absolute Gasteiger partial charge is 0.309 e. The van der Waals surface area contributed by atoms with Gasteiger partial charge >= 0.3 is 5.97 Å². The zero-order valence-electron chi connectivity index (χ0n) is 7.03. The van der Waals surface area contributed by atoms with E-state index in [9.17, 15) is 4.79 Å². The van der Waals surface area contributed by atoms with Crippen molar-refractivity contribution in [1.29, 1.82) is 0 Å². The summed E-state index contributed by atoms with van der Waals surface area (Å²) in [4.78, 5) is 11.2. The first-order chi connectivity index (χ1) is 5.74. The Morgan fingerprint density at radius 2 is 2.42 bits per heavy atom. The van der Waals surface area contributed by atoms with Crippen LogP contribution in [-0.2, 0) is 9.53 Å². The minimum absolute atomic E-state index is 0.0973. The molecule has 0 bridgehead atoms. The Morgan fingerprint density at radius 3 is 2.92 bits per heavy atom. The zero-order chi connectivity index (χ0) is 8.97. The molecule has 0 radical (unpaired) electrons. The summed E-state index contributed by atoms with van der Waals surface area (Å²) in [6, 6.07) is 0. The molecule has 1 fully saturated rings. The third-order valence-corrected chi connectivity index (χ3v) is 2.08. The normalized spacial score (nSPS) is 28.4. The van der Waals surface area contributed by atoms with Crippen LogP contribution in [0.3, 0.4) is 0 Å². The van der Waals surface area contributed by atoms with Gasteiger partial charge in [0.15, 0.2) is 0 Å². The average Bonchev–Trinajstić information content (AvgIpc) is 2.47. The van der Waals surface area contributed by atoms with Gasteiger partial charge in [-0.05, 0) is 19.3 Å². The van der Waals surface area contributed by atoms with E-state index in [0.717, 1.165) is 6.42 Å². The molecule has 1 N–H and O–H groups in total. The quantitative estimate of drug-likeness (QED) is 0.505. The van der Waals surface area contributed by atoms with Crippen molar-refractivity contribution in [1.82, 2.24) is 0 Å². The van der Waals surface area contributed by atoms with Crippen molar-refractivity contribution in [3.8, 4) is 0 Å². The largest absolute Gasteiger partial charge is 0.461 e. The van der Waals surface area contributed by atoms with Crippen molar-refractivity contribution in [2.24, 2.45) is 5.92 Å². The fourth-order valence-corrected chi connectivity index (χ4v) is 1.43. The third kappa shape index (κ3) is 2.34. The molecule has 68 valence electrons. The Hall–Kier alpha value is -0.830. The number of hydrogen-bond donors (Lipinski definition) is 1. The van der Waals surface area contributed by atoms with Crippen molar-refractivity contribution in [3.63, 3.8) is 0 Å². The molecule has 1 rings (SSSR count). The number of esters is 1. The molecule has 0 unspecified atom stereocenters. The minimum atomic E-state index is -0.314. The number of carbonyl (C=O) groups is 1. The summed E-state index contributed by atoms with van der Waals surface area (Å²) in [5, 5.41) is 9.15. The van der Waals surface area contributed by atoms with Crippen LogP contribution in [0.2, 0.25) is 0 Å². The van der Waals surface area contributed by atoms with Crippen molar-refractivity contribution in [2.75, 3.05) is 6.61 Å². The molecule has 0 aromatic rings. The van der Waals surface area contributed by atoms with Gasteiger partial charge in [-0.1, -0.05) is 12.7 Å². The first kappa shape index (κ1) is 9.26. The molecule has 0 aromatic heterocycles. The summed E-state index contributed by atoms with van der Waals surface area (Å²) < 4.78 is 4.86. The van der Waals surface area contributed by atoms with Crippen LogP contribution in [0.4, 0.5) is 0 Å². The molecule has 0 aliphatic heterocycles. The van der Waals surface area contributed by atoms with Gasteiger partial charge in [-0.3, -0.25) is 4.79 Å². The predicted molar refractivity (Wildman–Crippen MR) is 44.5 cm³/mol. The van der Waals surface area contributed by atoms with Crippen LogP contribution in [0, 0.1) is 5.92 Å². The van der Waals surface area contributed by atoms with Crippen LogP contribution < -0.4 is 0 Å². The first-order valence-corrected chi connectivity index (χ1v) is 4.19. The number of carbonyl (C=O) groups excluding carboxylic acids is 1. The number of aliphatic hydroxyl groups is 1. The van der Waals surface area contributed by atoms with Crippen LogP contribution in [-0.4, -0.2) is 23.8 Å². The summed E-state index contributed by atoms with van der Waals surface area (Å²) in [5.74, 6) is -0.300. The second-order valence-electron chi connectivity index (χ2n) is 3.08. The Balaban J connectivity index is 2.28. The first-order valence-electron chi connectivity index (χ1n) is 4.19. The van der Waals surface area contributed by atoms with Crippen LogP contribution in [0.25, 0.3) is 0 Å². The second kappa shape index (κ2) is 4.26. The monoisotopic (exact) mass is 170 g/mol. The molecular weight excluding hydrogens is 156 g/mol. The molecule has 3 heteroatoms. The predicted octanol–water partition coefficient (Wildman–Crippen LogP) is 0.877. The van der Waals surface area contributed by atoms with E-state index in [-0.39, 0.29) is 24.6 Å². The number of aliphatic hydroxyl groups excluding tert-OH is 1. The van der Waals surface area contributed by atoms with Gasteiger partial charge in [0.05, 0.1) is 12.0 Å². The van der Waals surface area contributed by atoms with Gasteiger partial charge in [-0.2, -0.15) is 0 Å².